The number of hydrogen-bond donors (Lipinski definition) is 0. The monoisotopic (exact) mass is 274 g/mol. The van der Waals surface area contributed by atoms with Gasteiger partial charge in [0.25, 0.3) is 0 Å². The molecule has 0 aliphatic rings. The van der Waals surface area contributed by atoms with Gasteiger partial charge in [-0.05, 0) is 26.2 Å². The molecule has 0 saturated carbocycles. The van der Waals surface area contributed by atoms with Crippen LogP contribution in [-0.2, 0) is 22.6 Å². The van der Waals surface area contributed by atoms with E-state index in [0.29, 0.717) is 0 Å². The van der Waals surface area contributed by atoms with E-state index < -0.39 is 29.1 Å². The predicted octanol–water partition coefficient (Wildman–Crippen LogP) is 1.86. The number of hydrogen-bond acceptors (Lipinski definition) is 5. The van der Waals surface area contributed by atoms with Gasteiger partial charge in [-0.1, -0.05) is 13.2 Å². The van der Waals surface area contributed by atoms with Gasteiger partial charge in [-0.25, -0.2) is 9.59 Å². The molecule has 0 N–H and O–H groups in total. The van der Waals surface area contributed by atoms with Gasteiger partial charge in [0.15, 0.2) is 0 Å². The van der Waals surface area contributed by atoms with Crippen molar-refractivity contribution in [3.8, 4) is 0 Å². The topological polar surface area (TPSA) is 61.8 Å². The Morgan fingerprint density at radius 3 is 1.41 bits per heavy atom. The SMILES string of the molecule is C=CC(=O)O[Si](C)(C)O[Si](C)(C)OC(=O)C=C. The van der Waals surface area contributed by atoms with Crippen molar-refractivity contribution in [3.05, 3.63) is 25.3 Å². The van der Waals surface area contributed by atoms with Crippen LogP contribution in [0.25, 0.3) is 0 Å². The molecule has 0 aromatic rings. The molecule has 0 aromatic heterocycles. The largest absolute Gasteiger partial charge is 0.492 e. The standard InChI is InChI=1S/C10H18O5Si2/c1-7-9(11)13-16(3,4)15-17(5,6)14-10(12)8-2/h7-8H,1-2H2,3-6H3. The van der Waals surface area contributed by atoms with Gasteiger partial charge in [0.1, 0.15) is 0 Å². The highest BCUT2D eigenvalue weighted by atomic mass is 28.5. The molecule has 0 radical (unpaired) electrons. The molecule has 0 unspecified atom stereocenters. The minimum absolute atomic E-state index is 0.540. The molecule has 7 heteroatoms. The van der Waals surface area contributed by atoms with Crippen molar-refractivity contribution in [3.63, 3.8) is 0 Å². The Morgan fingerprint density at radius 2 is 1.18 bits per heavy atom. The van der Waals surface area contributed by atoms with Crippen molar-refractivity contribution in [2.45, 2.75) is 26.2 Å². The summed E-state index contributed by atoms with van der Waals surface area (Å²) in [5.74, 6) is -1.08. The summed E-state index contributed by atoms with van der Waals surface area (Å²) in [6.07, 6.45) is 2.14. The summed E-state index contributed by atoms with van der Waals surface area (Å²) in [6, 6.07) is 0. The van der Waals surface area contributed by atoms with E-state index in [0.717, 1.165) is 12.2 Å². The average molecular weight is 274 g/mol. The van der Waals surface area contributed by atoms with Crippen LogP contribution in [-0.4, -0.2) is 29.1 Å². The van der Waals surface area contributed by atoms with Gasteiger partial charge in [0.05, 0.1) is 0 Å². The van der Waals surface area contributed by atoms with E-state index in [2.05, 4.69) is 13.2 Å². The second kappa shape index (κ2) is 5.94. The smallest absolute Gasteiger partial charge is 0.387 e. The lowest BCUT2D eigenvalue weighted by molar-refractivity contribution is -0.131. The average Bonchev–Trinajstić information content (AvgIpc) is 2.13. The lowest BCUT2D eigenvalue weighted by Gasteiger charge is -2.30. The van der Waals surface area contributed by atoms with Crippen LogP contribution in [0.1, 0.15) is 0 Å². The fourth-order valence-electron chi connectivity index (χ4n) is 1.20. The van der Waals surface area contributed by atoms with Crippen LogP contribution in [0, 0.1) is 0 Å². The minimum atomic E-state index is -2.67. The maximum Gasteiger partial charge on any atom is 0.387 e. The summed E-state index contributed by atoms with van der Waals surface area (Å²) < 4.78 is 15.9. The van der Waals surface area contributed by atoms with Gasteiger partial charge in [-0.15, -0.1) is 0 Å². The lowest BCUT2D eigenvalue weighted by atomic mass is 10.7. The van der Waals surface area contributed by atoms with E-state index >= 15 is 0 Å². The molecule has 0 aliphatic heterocycles. The summed E-state index contributed by atoms with van der Waals surface area (Å²) >= 11 is 0. The van der Waals surface area contributed by atoms with Crippen LogP contribution in [0.4, 0.5) is 0 Å². The molecular formula is C10H18O5Si2. The van der Waals surface area contributed by atoms with Crippen molar-refractivity contribution >= 4 is 29.1 Å². The normalized spacial score (nSPS) is 11.5. The maximum atomic E-state index is 11.1. The van der Waals surface area contributed by atoms with Crippen LogP contribution in [0.3, 0.4) is 0 Å². The fraction of sp³-hybridized carbons (Fsp3) is 0.400. The first-order valence-corrected chi connectivity index (χ1v) is 10.7. The second-order valence-corrected chi connectivity index (χ2v) is 11.0. The van der Waals surface area contributed by atoms with Crippen LogP contribution in [0.2, 0.25) is 26.2 Å². The van der Waals surface area contributed by atoms with Crippen LogP contribution in [0.5, 0.6) is 0 Å². The Bertz CT molecular complexity index is 304. The van der Waals surface area contributed by atoms with Crippen molar-refractivity contribution in [2.75, 3.05) is 0 Å². The highest BCUT2D eigenvalue weighted by Crippen LogP contribution is 2.17. The van der Waals surface area contributed by atoms with Gasteiger partial charge < -0.3 is 13.0 Å². The number of carbonyl (C=O) groups excluding carboxylic acids is 2. The molecule has 0 aromatic carbocycles. The molecule has 0 aliphatic carbocycles. The van der Waals surface area contributed by atoms with Crippen molar-refractivity contribution in [1.82, 2.24) is 0 Å². The van der Waals surface area contributed by atoms with E-state index in [1.54, 1.807) is 26.2 Å². The van der Waals surface area contributed by atoms with Gasteiger partial charge in [0, 0.05) is 12.2 Å². The molecule has 0 fully saturated rings. The third-order valence-electron chi connectivity index (χ3n) is 1.52. The molecule has 0 saturated heterocycles. The second-order valence-electron chi connectivity index (χ2n) is 4.15. The van der Waals surface area contributed by atoms with Gasteiger partial charge in [-0.2, -0.15) is 0 Å². The first kappa shape index (κ1) is 15.8. The summed E-state index contributed by atoms with van der Waals surface area (Å²) in [4.78, 5) is 22.2. The molecule has 0 rings (SSSR count). The van der Waals surface area contributed by atoms with Crippen LogP contribution < -0.4 is 0 Å². The molecule has 96 valence electrons. The summed E-state index contributed by atoms with van der Waals surface area (Å²) in [5, 5.41) is 0. The highest BCUT2D eigenvalue weighted by molar-refractivity contribution is 6.80. The van der Waals surface area contributed by atoms with Gasteiger partial charge >= 0.3 is 29.1 Å². The zero-order valence-electron chi connectivity index (χ0n) is 10.6. The van der Waals surface area contributed by atoms with Crippen molar-refractivity contribution in [1.29, 1.82) is 0 Å². The lowest BCUT2D eigenvalue weighted by Crippen LogP contribution is -2.50. The van der Waals surface area contributed by atoms with Crippen LogP contribution in [0.15, 0.2) is 25.3 Å². The molecular weight excluding hydrogens is 256 g/mol. The number of rotatable bonds is 6. The predicted molar refractivity (Wildman–Crippen MR) is 68.6 cm³/mol. The maximum absolute atomic E-state index is 11.1. The zero-order valence-corrected chi connectivity index (χ0v) is 12.6. The number of carbonyl (C=O) groups is 2. The van der Waals surface area contributed by atoms with Crippen molar-refractivity contribution in [2.24, 2.45) is 0 Å². The molecule has 5 nitrogen and oxygen atoms in total. The van der Waals surface area contributed by atoms with E-state index in [4.69, 9.17) is 13.0 Å². The van der Waals surface area contributed by atoms with Crippen LogP contribution >= 0.6 is 0 Å². The quantitative estimate of drug-likeness (QED) is 0.546. The van der Waals surface area contributed by atoms with E-state index in [9.17, 15) is 9.59 Å². The molecule has 0 heterocycles. The van der Waals surface area contributed by atoms with Crippen molar-refractivity contribution < 1.29 is 22.6 Å². The summed E-state index contributed by atoms with van der Waals surface area (Å²) in [6.45, 7) is 13.4. The molecule has 0 bridgehead atoms. The third kappa shape index (κ3) is 6.87. The van der Waals surface area contributed by atoms with E-state index in [-0.39, 0.29) is 0 Å². The summed E-state index contributed by atoms with van der Waals surface area (Å²) in [5.41, 5.74) is 0. The Morgan fingerprint density at radius 1 is 0.882 bits per heavy atom. The fourth-order valence-corrected chi connectivity index (χ4v) is 7.41. The Kier molecular flexibility index (Phi) is 5.53. The first-order valence-electron chi connectivity index (χ1n) is 5.03. The molecule has 0 atom stereocenters. The van der Waals surface area contributed by atoms with E-state index in [1.807, 2.05) is 0 Å². The zero-order chi connectivity index (χ0) is 13.7. The first-order chi connectivity index (χ1) is 7.62. The highest BCUT2D eigenvalue weighted by Gasteiger charge is 2.40. The van der Waals surface area contributed by atoms with E-state index in [1.165, 1.54) is 0 Å². The molecule has 0 spiro atoms. The Balaban J connectivity index is 4.56. The molecule has 0 amide bonds. The van der Waals surface area contributed by atoms with Gasteiger partial charge in [-0.3, -0.25) is 0 Å². The Hall–Kier alpha value is -1.19. The Labute approximate surface area is 104 Å². The molecule has 17 heavy (non-hydrogen) atoms. The minimum Gasteiger partial charge on any atom is -0.492 e. The third-order valence-corrected chi connectivity index (χ3v) is 6.84. The summed E-state index contributed by atoms with van der Waals surface area (Å²) in [7, 11) is -5.35. The van der Waals surface area contributed by atoms with Gasteiger partial charge in [0.2, 0.25) is 0 Å².